The molecule has 0 aromatic heterocycles. The molecular weight excluding hydrogens is 241 g/mol. The SMILES string of the molecule is CN(C)CC1CCCCC12Cc1cc(F)ccc1O2. The third kappa shape index (κ3) is 2.36. The van der Waals surface area contributed by atoms with Crippen LogP contribution >= 0.6 is 0 Å². The second-order valence-electron chi connectivity index (χ2n) is 6.30. The molecule has 2 nitrogen and oxygen atoms in total. The molecule has 3 rings (SSSR count). The Morgan fingerprint density at radius 1 is 1.37 bits per heavy atom. The van der Waals surface area contributed by atoms with E-state index in [-0.39, 0.29) is 11.4 Å². The van der Waals surface area contributed by atoms with E-state index in [1.807, 2.05) is 0 Å². The molecule has 1 aromatic rings. The summed E-state index contributed by atoms with van der Waals surface area (Å²) in [7, 11) is 4.23. The summed E-state index contributed by atoms with van der Waals surface area (Å²) in [5.41, 5.74) is 0.962. The lowest BCUT2D eigenvalue weighted by Crippen LogP contribution is -2.48. The van der Waals surface area contributed by atoms with Crippen LogP contribution < -0.4 is 4.74 Å². The minimum absolute atomic E-state index is 0.0847. The molecule has 0 radical (unpaired) electrons. The largest absolute Gasteiger partial charge is 0.486 e. The number of nitrogens with zero attached hydrogens (tertiary/aromatic N) is 1. The van der Waals surface area contributed by atoms with Gasteiger partial charge in [0, 0.05) is 24.4 Å². The van der Waals surface area contributed by atoms with Gasteiger partial charge >= 0.3 is 0 Å². The summed E-state index contributed by atoms with van der Waals surface area (Å²) in [6, 6.07) is 4.94. The molecule has 3 heteroatoms. The molecule has 2 unspecified atom stereocenters. The van der Waals surface area contributed by atoms with Crippen LogP contribution in [0.15, 0.2) is 18.2 Å². The smallest absolute Gasteiger partial charge is 0.123 e. The van der Waals surface area contributed by atoms with E-state index in [1.165, 1.54) is 25.3 Å². The van der Waals surface area contributed by atoms with E-state index < -0.39 is 0 Å². The highest BCUT2D eigenvalue weighted by Crippen LogP contribution is 2.46. The summed E-state index contributed by atoms with van der Waals surface area (Å²) in [6.45, 7) is 1.05. The van der Waals surface area contributed by atoms with Gasteiger partial charge in [-0.1, -0.05) is 6.42 Å². The van der Waals surface area contributed by atoms with Crippen molar-refractivity contribution < 1.29 is 9.13 Å². The van der Waals surface area contributed by atoms with Gasteiger partial charge in [0.1, 0.15) is 17.2 Å². The maximum atomic E-state index is 13.4. The third-order valence-electron chi connectivity index (χ3n) is 4.56. The van der Waals surface area contributed by atoms with E-state index in [9.17, 15) is 4.39 Å². The highest BCUT2D eigenvalue weighted by molar-refractivity contribution is 5.40. The summed E-state index contributed by atoms with van der Waals surface area (Å²) >= 11 is 0. The van der Waals surface area contributed by atoms with Crippen LogP contribution in [0.5, 0.6) is 5.75 Å². The van der Waals surface area contributed by atoms with Crippen LogP contribution in [0.2, 0.25) is 0 Å². The van der Waals surface area contributed by atoms with E-state index in [4.69, 9.17) is 4.74 Å². The van der Waals surface area contributed by atoms with Crippen molar-refractivity contribution in [1.82, 2.24) is 4.90 Å². The highest BCUT2D eigenvalue weighted by atomic mass is 19.1. The normalized spacial score (nSPS) is 29.6. The Morgan fingerprint density at radius 3 is 3.00 bits per heavy atom. The van der Waals surface area contributed by atoms with Gasteiger partial charge in [0.25, 0.3) is 0 Å². The van der Waals surface area contributed by atoms with Gasteiger partial charge in [0.15, 0.2) is 0 Å². The third-order valence-corrected chi connectivity index (χ3v) is 4.56. The summed E-state index contributed by atoms with van der Waals surface area (Å²) in [6.07, 6.45) is 5.70. The Morgan fingerprint density at radius 2 is 2.21 bits per heavy atom. The lowest BCUT2D eigenvalue weighted by molar-refractivity contribution is -0.0150. The van der Waals surface area contributed by atoms with E-state index in [1.54, 1.807) is 12.1 Å². The lowest BCUT2D eigenvalue weighted by atomic mass is 9.73. The van der Waals surface area contributed by atoms with Crippen molar-refractivity contribution in [1.29, 1.82) is 0 Å². The van der Waals surface area contributed by atoms with E-state index in [0.29, 0.717) is 5.92 Å². The van der Waals surface area contributed by atoms with Crippen molar-refractivity contribution in [2.24, 2.45) is 5.92 Å². The number of halogens is 1. The molecule has 0 N–H and O–H groups in total. The first-order valence-corrected chi connectivity index (χ1v) is 7.21. The molecule has 1 heterocycles. The maximum absolute atomic E-state index is 13.4. The number of fused-ring (bicyclic) bond motifs is 1. The van der Waals surface area contributed by atoms with Gasteiger partial charge in [-0.2, -0.15) is 0 Å². The monoisotopic (exact) mass is 263 g/mol. The maximum Gasteiger partial charge on any atom is 0.123 e. The van der Waals surface area contributed by atoms with E-state index in [2.05, 4.69) is 19.0 Å². The second kappa shape index (κ2) is 4.78. The number of hydrogen-bond donors (Lipinski definition) is 0. The van der Waals surface area contributed by atoms with Crippen LogP contribution in [0.25, 0.3) is 0 Å². The Labute approximate surface area is 114 Å². The molecule has 104 valence electrons. The van der Waals surface area contributed by atoms with Crippen molar-refractivity contribution >= 4 is 0 Å². The standard InChI is InChI=1S/C16H22FNO/c1-18(2)11-13-5-3-4-8-16(13)10-12-9-14(17)6-7-15(12)19-16/h6-7,9,13H,3-5,8,10-11H2,1-2H3. The number of rotatable bonds is 2. The average molecular weight is 263 g/mol. The molecule has 19 heavy (non-hydrogen) atoms. The van der Waals surface area contributed by atoms with Crippen LogP contribution in [0.4, 0.5) is 4.39 Å². The molecule has 1 aromatic carbocycles. The fourth-order valence-corrected chi connectivity index (χ4v) is 3.71. The molecule has 0 bridgehead atoms. The molecule has 2 aliphatic rings. The molecule has 1 spiro atoms. The highest BCUT2D eigenvalue weighted by Gasteiger charge is 2.47. The quantitative estimate of drug-likeness (QED) is 0.812. The summed E-state index contributed by atoms with van der Waals surface area (Å²) < 4.78 is 19.7. The van der Waals surface area contributed by atoms with E-state index in [0.717, 1.165) is 30.7 Å². The Balaban J connectivity index is 1.87. The Kier molecular flexibility index (Phi) is 3.25. The molecule has 2 atom stereocenters. The van der Waals surface area contributed by atoms with Crippen LogP contribution in [-0.4, -0.2) is 31.1 Å². The Bertz CT molecular complexity index is 474. The first-order chi connectivity index (χ1) is 9.09. The minimum atomic E-state index is -0.153. The van der Waals surface area contributed by atoms with Gasteiger partial charge in [0.05, 0.1) is 0 Å². The Hall–Kier alpha value is -1.09. The van der Waals surface area contributed by atoms with Crippen molar-refractivity contribution in [3.05, 3.63) is 29.6 Å². The summed E-state index contributed by atoms with van der Waals surface area (Å²) in [5, 5.41) is 0. The molecule has 1 aliphatic heterocycles. The zero-order valence-electron chi connectivity index (χ0n) is 11.8. The zero-order valence-corrected chi connectivity index (χ0v) is 11.8. The first-order valence-electron chi connectivity index (χ1n) is 7.21. The lowest BCUT2D eigenvalue weighted by Gasteiger charge is -2.41. The predicted octanol–water partition coefficient (Wildman–Crippen LogP) is 3.25. The van der Waals surface area contributed by atoms with Gasteiger partial charge < -0.3 is 9.64 Å². The summed E-state index contributed by atoms with van der Waals surface area (Å²) in [4.78, 5) is 2.24. The summed E-state index contributed by atoms with van der Waals surface area (Å²) in [5.74, 6) is 1.29. The minimum Gasteiger partial charge on any atom is -0.486 e. The number of benzene rings is 1. The topological polar surface area (TPSA) is 12.5 Å². The number of ether oxygens (including phenoxy) is 1. The molecule has 0 amide bonds. The van der Waals surface area contributed by atoms with Crippen molar-refractivity contribution in [2.45, 2.75) is 37.7 Å². The van der Waals surface area contributed by atoms with Crippen molar-refractivity contribution in [3.8, 4) is 5.75 Å². The zero-order chi connectivity index (χ0) is 13.5. The molecule has 0 saturated heterocycles. The predicted molar refractivity (Wildman–Crippen MR) is 74.0 cm³/mol. The van der Waals surface area contributed by atoms with Crippen molar-refractivity contribution in [2.75, 3.05) is 20.6 Å². The van der Waals surface area contributed by atoms with Crippen LogP contribution in [0.3, 0.4) is 0 Å². The van der Waals surface area contributed by atoms with Gasteiger partial charge in [-0.3, -0.25) is 0 Å². The van der Waals surface area contributed by atoms with Gasteiger partial charge in [-0.25, -0.2) is 4.39 Å². The fourth-order valence-electron chi connectivity index (χ4n) is 3.71. The van der Waals surface area contributed by atoms with Gasteiger partial charge in [0.2, 0.25) is 0 Å². The molecule has 1 aliphatic carbocycles. The molecular formula is C16H22FNO. The fraction of sp³-hybridized carbons (Fsp3) is 0.625. The van der Waals surface area contributed by atoms with Crippen LogP contribution in [-0.2, 0) is 6.42 Å². The van der Waals surface area contributed by atoms with Crippen molar-refractivity contribution in [3.63, 3.8) is 0 Å². The van der Waals surface area contributed by atoms with E-state index >= 15 is 0 Å². The van der Waals surface area contributed by atoms with Gasteiger partial charge in [-0.05, 0) is 51.6 Å². The average Bonchev–Trinajstić information content (AvgIpc) is 2.70. The molecule has 1 saturated carbocycles. The number of hydrogen-bond acceptors (Lipinski definition) is 2. The first kappa shape index (κ1) is 12.9. The van der Waals surface area contributed by atoms with Gasteiger partial charge in [-0.15, -0.1) is 0 Å². The second-order valence-corrected chi connectivity index (χ2v) is 6.30. The van der Waals surface area contributed by atoms with Crippen LogP contribution in [0, 0.1) is 11.7 Å². The molecule has 1 fully saturated rings. The van der Waals surface area contributed by atoms with Crippen LogP contribution in [0.1, 0.15) is 31.2 Å².